The van der Waals surface area contributed by atoms with E-state index in [2.05, 4.69) is 9.68 Å². The lowest BCUT2D eigenvalue weighted by molar-refractivity contribution is -0.0759. The van der Waals surface area contributed by atoms with Gasteiger partial charge in [-0.3, -0.25) is 10.0 Å². The van der Waals surface area contributed by atoms with E-state index < -0.39 is 12.0 Å². The minimum absolute atomic E-state index is 0.0389. The molecule has 0 unspecified atom stereocenters. The number of hydroxylamine groups is 2. The van der Waals surface area contributed by atoms with Gasteiger partial charge < -0.3 is 13.7 Å². The maximum absolute atomic E-state index is 12.1. The van der Waals surface area contributed by atoms with Crippen molar-refractivity contribution in [1.82, 2.24) is 10.2 Å². The molecular formula is C15H14N2O5. The van der Waals surface area contributed by atoms with Crippen LogP contribution in [0.3, 0.4) is 0 Å². The van der Waals surface area contributed by atoms with E-state index in [4.69, 9.17) is 9.15 Å². The van der Waals surface area contributed by atoms with Crippen molar-refractivity contribution in [2.24, 2.45) is 0 Å². The van der Waals surface area contributed by atoms with Crippen LogP contribution in [0.25, 0.3) is 11.0 Å². The Morgan fingerprint density at radius 1 is 1.41 bits per heavy atom. The summed E-state index contributed by atoms with van der Waals surface area (Å²) >= 11 is 0. The molecule has 1 atom stereocenters. The van der Waals surface area contributed by atoms with Crippen molar-refractivity contribution in [3.05, 3.63) is 48.4 Å². The Labute approximate surface area is 125 Å². The fourth-order valence-corrected chi connectivity index (χ4v) is 2.05. The van der Waals surface area contributed by atoms with Crippen molar-refractivity contribution in [2.45, 2.75) is 13.0 Å². The Morgan fingerprint density at radius 3 is 2.95 bits per heavy atom. The van der Waals surface area contributed by atoms with Crippen LogP contribution in [-0.2, 0) is 0 Å². The van der Waals surface area contributed by atoms with Crippen LogP contribution in [0.5, 0.6) is 5.88 Å². The van der Waals surface area contributed by atoms with Gasteiger partial charge in [-0.1, -0.05) is 18.2 Å². The molecule has 3 rings (SSSR count). The van der Waals surface area contributed by atoms with Gasteiger partial charge >= 0.3 is 5.91 Å². The van der Waals surface area contributed by atoms with Crippen LogP contribution in [0.1, 0.15) is 17.5 Å². The minimum atomic E-state index is -0.633. The lowest BCUT2D eigenvalue weighted by Crippen LogP contribution is -2.35. The van der Waals surface area contributed by atoms with Gasteiger partial charge in [0.05, 0.1) is 6.54 Å². The second kappa shape index (κ2) is 5.90. The van der Waals surface area contributed by atoms with Crippen molar-refractivity contribution in [3.8, 4) is 5.88 Å². The van der Waals surface area contributed by atoms with E-state index in [1.54, 1.807) is 25.1 Å². The van der Waals surface area contributed by atoms with Gasteiger partial charge in [-0.2, -0.15) is 0 Å². The van der Waals surface area contributed by atoms with Crippen LogP contribution in [0, 0.1) is 0 Å². The molecule has 114 valence electrons. The summed E-state index contributed by atoms with van der Waals surface area (Å²) in [6.45, 7) is 1.66. The SMILES string of the molecule is C[C@H](CN(O)C(=O)c1cc2ccccc2o1)Oc1ccon1. The van der Waals surface area contributed by atoms with Gasteiger partial charge in [-0.25, -0.2) is 5.06 Å². The summed E-state index contributed by atoms with van der Waals surface area (Å²) in [7, 11) is 0. The summed E-state index contributed by atoms with van der Waals surface area (Å²) in [6.07, 6.45) is 0.904. The molecule has 1 aromatic carbocycles. The molecule has 0 spiro atoms. The number of nitrogens with zero attached hydrogens (tertiary/aromatic N) is 2. The topological polar surface area (TPSA) is 88.9 Å². The number of hydrogen-bond acceptors (Lipinski definition) is 6. The molecule has 1 amide bonds. The molecule has 0 fully saturated rings. The number of ether oxygens (including phenoxy) is 1. The van der Waals surface area contributed by atoms with E-state index in [1.807, 2.05) is 18.2 Å². The first-order valence-corrected chi connectivity index (χ1v) is 6.70. The summed E-state index contributed by atoms with van der Waals surface area (Å²) < 4.78 is 15.4. The fourth-order valence-electron chi connectivity index (χ4n) is 2.05. The normalized spacial score (nSPS) is 12.3. The minimum Gasteiger partial charge on any atom is -0.470 e. The molecule has 1 N–H and O–H groups in total. The molecule has 7 heteroatoms. The van der Waals surface area contributed by atoms with Crippen molar-refractivity contribution in [2.75, 3.05) is 6.54 Å². The summed E-state index contributed by atoms with van der Waals surface area (Å²) in [5, 5.41) is 14.8. The molecule has 0 radical (unpaired) electrons. The zero-order chi connectivity index (χ0) is 15.5. The molecule has 0 aliphatic carbocycles. The van der Waals surface area contributed by atoms with Crippen molar-refractivity contribution in [3.63, 3.8) is 0 Å². The summed E-state index contributed by atoms with van der Waals surface area (Å²) in [6, 6.07) is 10.4. The summed E-state index contributed by atoms with van der Waals surface area (Å²) in [5.41, 5.74) is 0.589. The molecule has 0 saturated carbocycles. The van der Waals surface area contributed by atoms with Gasteiger partial charge in [0.1, 0.15) is 18.0 Å². The number of fused-ring (bicyclic) bond motifs is 1. The van der Waals surface area contributed by atoms with Crippen molar-refractivity contribution >= 4 is 16.9 Å². The van der Waals surface area contributed by atoms with Gasteiger partial charge in [0, 0.05) is 11.5 Å². The van der Waals surface area contributed by atoms with Gasteiger partial charge in [-0.05, 0) is 24.2 Å². The highest BCUT2D eigenvalue weighted by molar-refractivity contribution is 5.95. The molecule has 0 aliphatic rings. The monoisotopic (exact) mass is 302 g/mol. The molecule has 3 aromatic rings. The van der Waals surface area contributed by atoms with E-state index in [1.165, 1.54) is 6.26 Å². The lowest BCUT2D eigenvalue weighted by Gasteiger charge is -2.18. The van der Waals surface area contributed by atoms with E-state index >= 15 is 0 Å². The van der Waals surface area contributed by atoms with Crippen molar-refractivity contribution in [1.29, 1.82) is 0 Å². The zero-order valence-corrected chi connectivity index (χ0v) is 11.8. The first-order chi connectivity index (χ1) is 10.6. The fraction of sp³-hybridized carbons (Fsp3) is 0.200. The van der Waals surface area contributed by atoms with Crippen LogP contribution < -0.4 is 4.74 Å². The van der Waals surface area contributed by atoms with Crippen LogP contribution >= 0.6 is 0 Å². The molecule has 0 bridgehead atoms. The number of hydrogen-bond donors (Lipinski definition) is 1. The third kappa shape index (κ3) is 2.94. The molecule has 2 heterocycles. The number of aromatic nitrogens is 1. The van der Waals surface area contributed by atoms with E-state index in [-0.39, 0.29) is 18.2 Å². The van der Waals surface area contributed by atoms with Gasteiger partial charge in [0.2, 0.25) is 0 Å². The van der Waals surface area contributed by atoms with E-state index in [0.717, 1.165) is 5.39 Å². The lowest BCUT2D eigenvalue weighted by atomic mass is 10.2. The van der Waals surface area contributed by atoms with Gasteiger partial charge in [0.25, 0.3) is 5.88 Å². The second-order valence-corrected chi connectivity index (χ2v) is 4.80. The number of carbonyl (C=O) groups excluding carboxylic acids is 1. The third-order valence-electron chi connectivity index (χ3n) is 3.04. The number of para-hydroxylation sites is 1. The highest BCUT2D eigenvalue weighted by atomic mass is 16.6. The third-order valence-corrected chi connectivity index (χ3v) is 3.04. The zero-order valence-electron chi connectivity index (χ0n) is 11.8. The van der Waals surface area contributed by atoms with Crippen molar-refractivity contribution < 1.29 is 23.7 Å². The molecule has 2 aromatic heterocycles. The predicted molar refractivity (Wildman–Crippen MR) is 75.6 cm³/mol. The first kappa shape index (κ1) is 14.2. The second-order valence-electron chi connectivity index (χ2n) is 4.80. The van der Waals surface area contributed by atoms with Crippen LogP contribution in [0.4, 0.5) is 0 Å². The van der Waals surface area contributed by atoms with Crippen LogP contribution in [0.15, 0.2) is 51.6 Å². The highest BCUT2D eigenvalue weighted by Gasteiger charge is 2.21. The number of rotatable bonds is 5. The summed E-state index contributed by atoms with van der Waals surface area (Å²) in [5.74, 6) is -0.277. The smallest absolute Gasteiger partial charge is 0.313 e. The molecule has 22 heavy (non-hydrogen) atoms. The number of benzene rings is 1. The average molecular weight is 302 g/mol. The Bertz CT molecular complexity index is 732. The van der Waals surface area contributed by atoms with E-state index in [0.29, 0.717) is 10.6 Å². The first-order valence-electron chi connectivity index (χ1n) is 6.70. The Hall–Kier alpha value is -2.80. The van der Waals surface area contributed by atoms with Gasteiger partial charge in [-0.15, -0.1) is 0 Å². The van der Waals surface area contributed by atoms with E-state index in [9.17, 15) is 10.0 Å². The molecular weight excluding hydrogens is 288 g/mol. The van der Waals surface area contributed by atoms with Crippen LogP contribution in [0.2, 0.25) is 0 Å². The number of carbonyl (C=O) groups is 1. The number of amides is 1. The van der Waals surface area contributed by atoms with Crippen LogP contribution in [-0.4, -0.2) is 34.0 Å². The standard InChI is InChI=1S/C15H14N2O5/c1-10(21-14-6-7-20-16-14)9-17(19)15(18)13-8-11-4-2-3-5-12(11)22-13/h2-8,10,19H,9H2,1H3/t10-/m1/s1. The largest absolute Gasteiger partial charge is 0.470 e. The number of furan rings is 1. The quantitative estimate of drug-likeness (QED) is 0.576. The Kier molecular flexibility index (Phi) is 3.80. The Balaban J connectivity index is 1.66. The average Bonchev–Trinajstić information content (AvgIpc) is 3.14. The van der Waals surface area contributed by atoms with Gasteiger partial charge in [0.15, 0.2) is 5.76 Å². The molecule has 7 nitrogen and oxygen atoms in total. The highest BCUT2D eigenvalue weighted by Crippen LogP contribution is 2.20. The molecule has 0 aliphatic heterocycles. The predicted octanol–water partition coefficient (Wildman–Crippen LogP) is 2.72. The summed E-state index contributed by atoms with van der Waals surface area (Å²) in [4.78, 5) is 12.1. The maximum atomic E-state index is 12.1. The maximum Gasteiger partial charge on any atom is 0.313 e. The molecule has 0 saturated heterocycles. The Morgan fingerprint density at radius 2 is 2.23 bits per heavy atom.